The number of nitrogens with zero attached hydrogens (tertiary/aromatic N) is 2. The molecule has 2 heterocycles. The van der Waals surface area contributed by atoms with Crippen molar-refractivity contribution in [2.45, 2.75) is 6.04 Å². The van der Waals surface area contributed by atoms with Gasteiger partial charge in [0.1, 0.15) is 16.6 Å². The highest BCUT2D eigenvalue weighted by molar-refractivity contribution is 6.52. The molecule has 3 aromatic rings. The molecule has 1 unspecified atom stereocenters. The number of pyridine rings is 1. The molecule has 1 amide bonds. The molecule has 2 aromatic carbocycles. The van der Waals surface area contributed by atoms with E-state index in [-0.39, 0.29) is 38.4 Å². The van der Waals surface area contributed by atoms with Crippen LogP contribution >= 0.6 is 23.2 Å². The molecule has 1 aliphatic rings. The van der Waals surface area contributed by atoms with Crippen molar-refractivity contribution in [1.29, 1.82) is 0 Å². The number of methoxy groups -OCH3 is 2. The van der Waals surface area contributed by atoms with Crippen molar-refractivity contribution in [1.82, 2.24) is 4.98 Å². The molecule has 34 heavy (non-hydrogen) atoms. The maximum Gasteiger partial charge on any atom is 0.300 e. The Hall–Kier alpha value is -3.62. The van der Waals surface area contributed by atoms with Crippen LogP contribution in [0.25, 0.3) is 5.76 Å². The lowest BCUT2D eigenvalue weighted by Gasteiger charge is -2.25. The standard InChI is InChI=1S/C24H17Cl2FN2O5/c1-33-22-15(11-16(25)23(34-2)18(22)26)20(30)17-19(12-7-9-28-10-8-12)29(24(32)21(17)31)14-5-3-13(27)4-6-14/h3-11,19,30H,1-2H3/b20-17+. The number of rotatable bonds is 5. The number of aliphatic hydroxyl groups is 1. The van der Waals surface area contributed by atoms with Crippen LogP contribution in [-0.2, 0) is 9.59 Å². The Morgan fingerprint density at radius 1 is 1.03 bits per heavy atom. The van der Waals surface area contributed by atoms with Gasteiger partial charge in [-0.1, -0.05) is 23.2 Å². The number of anilines is 1. The molecular weight excluding hydrogens is 486 g/mol. The fraction of sp³-hybridized carbons (Fsp3) is 0.125. The third-order valence-electron chi connectivity index (χ3n) is 5.37. The van der Waals surface area contributed by atoms with Gasteiger partial charge in [-0.25, -0.2) is 4.39 Å². The number of benzene rings is 2. The smallest absolute Gasteiger partial charge is 0.300 e. The molecule has 7 nitrogen and oxygen atoms in total. The van der Waals surface area contributed by atoms with Gasteiger partial charge in [-0.05, 0) is 48.0 Å². The van der Waals surface area contributed by atoms with Crippen LogP contribution in [0, 0.1) is 5.82 Å². The number of ether oxygens (including phenoxy) is 2. The van der Waals surface area contributed by atoms with Crippen LogP contribution in [0.2, 0.25) is 10.0 Å². The third kappa shape index (κ3) is 3.85. The number of carbonyl (C=O) groups is 2. The average Bonchev–Trinajstić information content (AvgIpc) is 3.10. The largest absolute Gasteiger partial charge is 0.507 e. The quantitative estimate of drug-likeness (QED) is 0.294. The highest BCUT2D eigenvalue weighted by atomic mass is 35.5. The second-order valence-corrected chi connectivity index (χ2v) is 8.00. The molecule has 0 saturated carbocycles. The van der Waals surface area contributed by atoms with Crippen LogP contribution in [0.3, 0.4) is 0 Å². The molecule has 4 rings (SSSR count). The van der Waals surface area contributed by atoms with Gasteiger partial charge in [0.15, 0.2) is 11.5 Å². The van der Waals surface area contributed by atoms with E-state index in [9.17, 15) is 19.1 Å². The molecule has 1 aliphatic heterocycles. The summed E-state index contributed by atoms with van der Waals surface area (Å²) in [6, 6.07) is 8.58. The molecule has 0 bridgehead atoms. The second kappa shape index (κ2) is 9.32. The normalized spacial score (nSPS) is 17.2. The minimum atomic E-state index is -1.04. The first-order valence-electron chi connectivity index (χ1n) is 9.87. The van der Waals surface area contributed by atoms with Gasteiger partial charge in [0, 0.05) is 18.1 Å². The SMILES string of the molecule is COc1c(Cl)cc(/C(O)=C2\C(=O)C(=O)N(c3ccc(F)cc3)C2c2ccncc2)c(OC)c1Cl. The van der Waals surface area contributed by atoms with Gasteiger partial charge in [0.25, 0.3) is 11.7 Å². The number of Topliss-reactive ketones (excluding diaryl/α,β-unsaturated/α-hetero) is 1. The van der Waals surface area contributed by atoms with Crippen molar-refractivity contribution in [3.63, 3.8) is 0 Å². The van der Waals surface area contributed by atoms with E-state index in [4.69, 9.17) is 32.7 Å². The number of halogens is 3. The van der Waals surface area contributed by atoms with Gasteiger partial charge in [-0.2, -0.15) is 0 Å². The van der Waals surface area contributed by atoms with Gasteiger partial charge in [0.05, 0.1) is 36.4 Å². The lowest BCUT2D eigenvalue weighted by atomic mass is 9.95. The maximum atomic E-state index is 13.5. The van der Waals surface area contributed by atoms with Crippen LogP contribution in [0.15, 0.2) is 60.4 Å². The summed E-state index contributed by atoms with van der Waals surface area (Å²) in [6.07, 6.45) is 2.98. The van der Waals surface area contributed by atoms with Crippen molar-refractivity contribution >= 4 is 46.3 Å². The average molecular weight is 503 g/mol. The van der Waals surface area contributed by atoms with E-state index in [2.05, 4.69) is 4.98 Å². The van der Waals surface area contributed by atoms with Crippen LogP contribution < -0.4 is 14.4 Å². The van der Waals surface area contributed by atoms with Crippen molar-refractivity contribution in [3.8, 4) is 11.5 Å². The Balaban J connectivity index is 2.00. The number of hydrogen-bond donors (Lipinski definition) is 1. The minimum Gasteiger partial charge on any atom is -0.507 e. The highest BCUT2D eigenvalue weighted by Gasteiger charge is 2.47. The van der Waals surface area contributed by atoms with Crippen molar-refractivity contribution in [2.24, 2.45) is 0 Å². The van der Waals surface area contributed by atoms with Gasteiger partial charge in [-0.15, -0.1) is 0 Å². The molecule has 1 fully saturated rings. The zero-order chi connectivity index (χ0) is 24.6. The van der Waals surface area contributed by atoms with Crippen LogP contribution in [0.5, 0.6) is 11.5 Å². The van der Waals surface area contributed by atoms with Crippen molar-refractivity contribution in [3.05, 3.63) is 87.4 Å². The number of ketones is 1. The van der Waals surface area contributed by atoms with Crippen LogP contribution in [-0.4, -0.2) is 36.0 Å². The highest BCUT2D eigenvalue weighted by Crippen LogP contribution is 2.48. The van der Waals surface area contributed by atoms with E-state index < -0.39 is 29.3 Å². The molecule has 1 saturated heterocycles. The molecule has 0 aliphatic carbocycles. The molecule has 1 atom stereocenters. The number of hydrogen-bond acceptors (Lipinski definition) is 6. The van der Waals surface area contributed by atoms with E-state index in [1.807, 2.05) is 0 Å². The van der Waals surface area contributed by atoms with E-state index >= 15 is 0 Å². The first-order valence-corrected chi connectivity index (χ1v) is 10.6. The van der Waals surface area contributed by atoms with Crippen LogP contribution in [0.1, 0.15) is 17.2 Å². The molecule has 1 aromatic heterocycles. The summed E-state index contributed by atoms with van der Waals surface area (Å²) in [7, 11) is 2.69. The molecule has 0 radical (unpaired) electrons. The Bertz CT molecular complexity index is 1310. The summed E-state index contributed by atoms with van der Waals surface area (Å²) >= 11 is 12.6. The number of aromatic nitrogens is 1. The predicted octanol–water partition coefficient (Wildman–Crippen LogP) is 5.17. The van der Waals surface area contributed by atoms with E-state index in [0.717, 1.165) is 0 Å². The summed E-state index contributed by atoms with van der Waals surface area (Å²) in [5, 5.41) is 11.4. The lowest BCUT2D eigenvalue weighted by Crippen LogP contribution is -2.29. The Labute approximate surface area is 204 Å². The van der Waals surface area contributed by atoms with E-state index in [0.29, 0.717) is 5.56 Å². The van der Waals surface area contributed by atoms with E-state index in [1.54, 1.807) is 12.1 Å². The predicted molar refractivity (Wildman–Crippen MR) is 125 cm³/mol. The molecule has 0 spiro atoms. The maximum absolute atomic E-state index is 13.5. The third-order valence-corrected chi connectivity index (χ3v) is 5.99. The van der Waals surface area contributed by atoms with E-state index in [1.165, 1.54) is 61.8 Å². The first-order chi connectivity index (χ1) is 16.3. The fourth-order valence-corrected chi connectivity index (χ4v) is 4.54. The zero-order valence-electron chi connectivity index (χ0n) is 17.9. The Morgan fingerprint density at radius 2 is 1.65 bits per heavy atom. The van der Waals surface area contributed by atoms with Crippen molar-refractivity contribution < 1.29 is 28.6 Å². The monoisotopic (exact) mass is 502 g/mol. The summed E-state index contributed by atoms with van der Waals surface area (Å²) in [4.78, 5) is 31.5. The van der Waals surface area contributed by atoms with Gasteiger partial charge >= 0.3 is 0 Å². The number of carbonyl (C=O) groups excluding carboxylic acids is 2. The second-order valence-electron chi connectivity index (χ2n) is 7.21. The Kier molecular flexibility index (Phi) is 6.45. The topological polar surface area (TPSA) is 89.0 Å². The molecular formula is C24H17Cl2FN2O5. The Morgan fingerprint density at radius 3 is 2.24 bits per heavy atom. The summed E-state index contributed by atoms with van der Waals surface area (Å²) in [5.41, 5.74) is 0.525. The zero-order valence-corrected chi connectivity index (χ0v) is 19.4. The van der Waals surface area contributed by atoms with Gasteiger partial charge in [0.2, 0.25) is 0 Å². The lowest BCUT2D eigenvalue weighted by molar-refractivity contribution is -0.132. The van der Waals surface area contributed by atoms with Gasteiger partial charge < -0.3 is 14.6 Å². The summed E-state index contributed by atoms with van der Waals surface area (Å²) in [6.45, 7) is 0. The first kappa shape index (κ1) is 23.5. The minimum absolute atomic E-state index is 0.00174. The summed E-state index contributed by atoms with van der Waals surface area (Å²) < 4.78 is 24.1. The molecule has 10 heteroatoms. The molecule has 1 N–H and O–H groups in total. The van der Waals surface area contributed by atoms with Crippen LogP contribution in [0.4, 0.5) is 10.1 Å². The molecule has 174 valence electrons. The van der Waals surface area contributed by atoms with Gasteiger partial charge in [-0.3, -0.25) is 19.5 Å². The number of amides is 1. The fourth-order valence-electron chi connectivity index (χ4n) is 3.85. The summed E-state index contributed by atoms with van der Waals surface area (Å²) in [5.74, 6) is -2.79. The van der Waals surface area contributed by atoms with Crippen molar-refractivity contribution in [2.75, 3.05) is 19.1 Å². The number of aliphatic hydroxyl groups excluding tert-OH is 1.